The second kappa shape index (κ2) is 4.66. The van der Waals surface area contributed by atoms with Crippen LogP contribution in [0.25, 0.3) is 0 Å². The number of rotatable bonds is 2. The van der Waals surface area contributed by atoms with E-state index in [0.717, 1.165) is 22.0 Å². The molecule has 1 aromatic heterocycles. The predicted molar refractivity (Wildman–Crippen MR) is 76.4 cm³/mol. The van der Waals surface area contributed by atoms with E-state index in [0.29, 0.717) is 6.54 Å². The lowest BCUT2D eigenvalue weighted by molar-refractivity contribution is 0.0692. The van der Waals surface area contributed by atoms with E-state index in [-0.39, 0.29) is 12.1 Å². The van der Waals surface area contributed by atoms with Crippen LogP contribution in [0.5, 0.6) is 0 Å². The average molecular weight is 273 g/mol. The number of amides is 1. The van der Waals surface area contributed by atoms with Gasteiger partial charge in [-0.3, -0.25) is 4.79 Å². The van der Waals surface area contributed by atoms with Crippen molar-refractivity contribution in [2.24, 2.45) is 0 Å². The number of nitrogens with zero attached hydrogens (tertiary/aromatic N) is 2. The second-order valence-corrected chi connectivity index (χ2v) is 5.54. The molecule has 1 amide bonds. The number of aryl methyl sites for hydroxylation is 1. The molecule has 4 nitrogen and oxygen atoms in total. The first-order valence-electron chi connectivity index (χ1n) is 6.29. The predicted octanol–water partition coefficient (Wildman–Crippen LogP) is 3.04. The number of carbonyl (C=O) groups excluding carboxylic acids is 1. The first-order chi connectivity index (χ1) is 9.20. The van der Waals surface area contributed by atoms with Crippen molar-refractivity contribution >= 4 is 22.9 Å². The van der Waals surface area contributed by atoms with Crippen LogP contribution in [-0.4, -0.2) is 22.3 Å². The molecule has 2 heterocycles. The lowest BCUT2D eigenvalue weighted by Crippen LogP contribution is -2.42. The summed E-state index contributed by atoms with van der Waals surface area (Å²) in [5.41, 5.74) is 2.52. The van der Waals surface area contributed by atoms with E-state index in [9.17, 15) is 4.79 Å². The van der Waals surface area contributed by atoms with Crippen LogP contribution in [0.4, 0.5) is 5.69 Å². The number of para-hydroxylation sites is 1. The number of carbonyl (C=O) groups is 1. The standard InChI is InChI=1S/C14H15N3OS/c1-3-17-13(12-8-19-9(2)15-12)16-11-7-5-4-6-10(11)14(17)18/h4-8,13,16H,3H2,1-2H3/t13-/m1/s1. The van der Waals surface area contributed by atoms with Crippen LogP contribution < -0.4 is 5.32 Å². The van der Waals surface area contributed by atoms with Crippen molar-refractivity contribution < 1.29 is 4.79 Å². The molecule has 0 radical (unpaired) electrons. The highest BCUT2D eigenvalue weighted by Crippen LogP contribution is 2.32. The third-order valence-electron chi connectivity index (χ3n) is 3.28. The van der Waals surface area contributed by atoms with Crippen LogP contribution in [0.15, 0.2) is 29.6 Å². The molecular formula is C14H15N3OS. The van der Waals surface area contributed by atoms with E-state index >= 15 is 0 Å². The number of hydrogen-bond acceptors (Lipinski definition) is 4. The van der Waals surface area contributed by atoms with Crippen molar-refractivity contribution in [1.82, 2.24) is 9.88 Å². The summed E-state index contributed by atoms with van der Waals surface area (Å²) in [7, 11) is 0. The molecule has 1 aliphatic rings. The summed E-state index contributed by atoms with van der Waals surface area (Å²) < 4.78 is 0. The Bertz CT molecular complexity index is 623. The number of aromatic nitrogens is 1. The van der Waals surface area contributed by atoms with Crippen LogP contribution >= 0.6 is 11.3 Å². The summed E-state index contributed by atoms with van der Waals surface area (Å²) in [5, 5.41) is 6.43. The molecule has 0 saturated carbocycles. The van der Waals surface area contributed by atoms with Crippen molar-refractivity contribution in [1.29, 1.82) is 0 Å². The van der Waals surface area contributed by atoms with E-state index in [1.54, 1.807) is 11.3 Å². The summed E-state index contributed by atoms with van der Waals surface area (Å²) in [5.74, 6) is 0.0625. The van der Waals surface area contributed by atoms with Crippen molar-refractivity contribution in [3.63, 3.8) is 0 Å². The molecule has 3 rings (SSSR count). The summed E-state index contributed by atoms with van der Waals surface area (Å²) >= 11 is 1.60. The number of thiazole rings is 1. The molecule has 0 fully saturated rings. The Kier molecular flexibility index (Phi) is 2.98. The molecule has 5 heteroatoms. The maximum atomic E-state index is 12.5. The molecule has 0 aliphatic carbocycles. The Hall–Kier alpha value is -1.88. The molecule has 1 aliphatic heterocycles. The third kappa shape index (κ3) is 2.00. The maximum absolute atomic E-state index is 12.5. The van der Waals surface area contributed by atoms with Gasteiger partial charge in [0.2, 0.25) is 0 Å². The van der Waals surface area contributed by atoms with Crippen molar-refractivity contribution in [2.75, 3.05) is 11.9 Å². The van der Waals surface area contributed by atoms with Gasteiger partial charge in [0.05, 0.1) is 16.3 Å². The van der Waals surface area contributed by atoms with Gasteiger partial charge in [0, 0.05) is 17.6 Å². The minimum atomic E-state index is -0.169. The number of fused-ring (bicyclic) bond motifs is 1. The fraction of sp³-hybridized carbons (Fsp3) is 0.286. The van der Waals surface area contributed by atoms with Crippen molar-refractivity contribution in [3.05, 3.63) is 45.9 Å². The fourth-order valence-corrected chi connectivity index (χ4v) is 2.99. The van der Waals surface area contributed by atoms with Gasteiger partial charge >= 0.3 is 0 Å². The van der Waals surface area contributed by atoms with Gasteiger partial charge in [0.25, 0.3) is 5.91 Å². The van der Waals surface area contributed by atoms with Crippen LogP contribution in [0, 0.1) is 6.92 Å². The fourth-order valence-electron chi connectivity index (χ4n) is 2.36. The highest BCUT2D eigenvalue weighted by atomic mass is 32.1. The first-order valence-corrected chi connectivity index (χ1v) is 7.17. The highest BCUT2D eigenvalue weighted by Gasteiger charge is 2.32. The Morgan fingerprint density at radius 2 is 2.21 bits per heavy atom. The first kappa shape index (κ1) is 12.2. The summed E-state index contributed by atoms with van der Waals surface area (Å²) in [6.07, 6.45) is -0.169. The van der Waals surface area contributed by atoms with Gasteiger partial charge in [-0.2, -0.15) is 0 Å². The molecule has 0 spiro atoms. The number of anilines is 1. The monoisotopic (exact) mass is 273 g/mol. The minimum Gasteiger partial charge on any atom is -0.359 e. The Balaban J connectivity index is 2.05. The van der Waals surface area contributed by atoms with E-state index in [1.807, 2.05) is 48.4 Å². The second-order valence-electron chi connectivity index (χ2n) is 4.48. The number of hydrogen-bond donors (Lipinski definition) is 1. The molecule has 1 atom stereocenters. The molecule has 0 unspecified atom stereocenters. The lowest BCUT2D eigenvalue weighted by Gasteiger charge is -2.36. The lowest BCUT2D eigenvalue weighted by atomic mass is 10.1. The zero-order chi connectivity index (χ0) is 13.4. The zero-order valence-electron chi connectivity index (χ0n) is 10.9. The van der Waals surface area contributed by atoms with Crippen LogP contribution in [0.1, 0.15) is 34.1 Å². The molecule has 19 heavy (non-hydrogen) atoms. The topological polar surface area (TPSA) is 45.2 Å². The minimum absolute atomic E-state index is 0.0625. The average Bonchev–Trinajstić information content (AvgIpc) is 2.85. The largest absolute Gasteiger partial charge is 0.359 e. The van der Waals surface area contributed by atoms with Gasteiger partial charge in [-0.1, -0.05) is 12.1 Å². The molecule has 98 valence electrons. The normalized spacial score (nSPS) is 18.1. The summed E-state index contributed by atoms with van der Waals surface area (Å²) in [6, 6.07) is 7.62. The third-order valence-corrected chi connectivity index (χ3v) is 4.07. The number of benzene rings is 1. The molecule has 1 aromatic carbocycles. The highest BCUT2D eigenvalue weighted by molar-refractivity contribution is 7.09. The molecule has 0 bridgehead atoms. The quantitative estimate of drug-likeness (QED) is 0.914. The van der Waals surface area contributed by atoms with Crippen molar-refractivity contribution in [3.8, 4) is 0 Å². The van der Waals surface area contributed by atoms with E-state index < -0.39 is 0 Å². The molecule has 0 saturated heterocycles. The van der Waals surface area contributed by atoms with Crippen molar-refractivity contribution in [2.45, 2.75) is 20.0 Å². The molecular weight excluding hydrogens is 258 g/mol. The van der Waals surface area contributed by atoms with Crippen LogP contribution in [-0.2, 0) is 0 Å². The SMILES string of the molecule is CCN1C(=O)c2ccccc2N[C@H]1c1csc(C)n1. The summed E-state index contributed by atoms with van der Waals surface area (Å²) in [4.78, 5) is 18.8. The van der Waals surface area contributed by atoms with Crippen LogP contribution in [0.2, 0.25) is 0 Å². The van der Waals surface area contributed by atoms with E-state index in [1.165, 1.54) is 0 Å². The van der Waals surface area contributed by atoms with Gasteiger partial charge in [-0.25, -0.2) is 4.98 Å². The van der Waals surface area contributed by atoms with Gasteiger partial charge in [0.1, 0.15) is 6.17 Å². The molecule has 1 N–H and O–H groups in total. The van der Waals surface area contributed by atoms with E-state index in [2.05, 4.69) is 10.3 Å². The van der Waals surface area contributed by atoms with Crippen LogP contribution in [0.3, 0.4) is 0 Å². The smallest absolute Gasteiger partial charge is 0.257 e. The summed E-state index contributed by atoms with van der Waals surface area (Å²) in [6.45, 7) is 4.62. The number of nitrogens with one attached hydrogen (secondary N) is 1. The van der Waals surface area contributed by atoms with Gasteiger partial charge in [-0.15, -0.1) is 11.3 Å². The van der Waals surface area contributed by atoms with Gasteiger partial charge < -0.3 is 10.2 Å². The molecule has 2 aromatic rings. The Morgan fingerprint density at radius 1 is 1.42 bits per heavy atom. The van der Waals surface area contributed by atoms with Gasteiger partial charge in [-0.05, 0) is 26.0 Å². The maximum Gasteiger partial charge on any atom is 0.257 e. The van der Waals surface area contributed by atoms with Gasteiger partial charge in [0.15, 0.2) is 0 Å². The Labute approximate surface area is 116 Å². The zero-order valence-corrected chi connectivity index (χ0v) is 11.7. The van der Waals surface area contributed by atoms with E-state index in [4.69, 9.17) is 0 Å². The Morgan fingerprint density at radius 3 is 2.89 bits per heavy atom.